The first-order valence-corrected chi connectivity index (χ1v) is 9.15. The summed E-state index contributed by atoms with van der Waals surface area (Å²) in [6, 6.07) is 10.8. The summed E-state index contributed by atoms with van der Waals surface area (Å²) in [5, 5.41) is 6.44. The van der Waals surface area contributed by atoms with Crippen molar-refractivity contribution in [3.05, 3.63) is 47.0 Å². The van der Waals surface area contributed by atoms with E-state index in [0.717, 1.165) is 16.1 Å². The molecule has 0 unspecified atom stereocenters. The van der Waals surface area contributed by atoms with Gasteiger partial charge in [-0.3, -0.25) is 9.59 Å². The minimum atomic E-state index is -0.396. The molecule has 0 aromatic heterocycles. The van der Waals surface area contributed by atoms with Crippen LogP contribution < -0.4 is 21.1 Å². The lowest BCUT2D eigenvalue weighted by Crippen LogP contribution is -2.22. The first kappa shape index (κ1) is 19.9. The van der Waals surface area contributed by atoms with Crippen molar-refractivity contribution in [2.75, 3.05) is 30.0 Å². The number of nitrogens with two attached hydrogens (primary N) is 1. The molecule has 2 rings (SSSR count). The van der Waals surface area contributed by atoms with E-state index < -0.39 is 5.91 Å². The molecule has 0 aliphatic rings. The van der Waals surface area contributed by atoms with Crippen molar-refractivity contribution in [3.63, 3.8) is 0 Å². The number of anilines is 2. The third-order valence-electron chi connectivity index (χ3n) is 3.45. The van der Waals surface area contributed by atoms with E-state index >= 15 is 0 Å². The molecule has 26 heavy (non-hydrogen) atoms. The Morgan fingerprint density at radius 1 is 1.23 bits per heavy atom. The highest BCUT2D eigenvalue weighted by Gasteiger charge is 2.11. The van der Waals surface area contributed by atoms with E-state index in [2.05, 4.69) is 10.6 Å². The Labute approximate surface area is 161 Å². The van der Waals surface area contributed by atoms with E-state index in [1.165, 1.54) is 18.9 Å². The number of ether oxygens (including phenoxy) is 1. The second-order valence-corrected chi connectivity index (χ2v) is 6.88. The maximum absolute atomic E-state index is 12.3. The maximum Gasteiger partial charge on any atom is 0.243 e. The van der Waals surface area contributed by atoms with Gasteiger partial charge in [0.2, 0.25) is 11.8 Å². The second kappa shape index (κ2) is 9.35. The van der Waals surface area contributed by atoms with Crippen molar-refractivity contribution in [2.24, 2.45) is 5.73 Å². The molecule has 0 radical (unpaired) electrons. The number of amides is 2. The number of para-hydroxylation sites is 1. The van der Waals surface area contributed by atoms with Crippen molar-refractivity contribution in [3.8, 4) is 5.75 Å². The van der Waals surface area contributed by atoms with Crippen molar-refractivity contribution in [1.82, 2.24) is 0 Å². The molecule has 2 aromatic rings. The van der Waals surface area contributed by atoms with E-state index in [-0.39, 0.29) is 18.2 Å². The third-order valence-corrected chi connectivity index (χ3v) is 4.95. The minimum absolute atomic E-state index is 0.0545. The molecular weight excluding hydrogens is 374 g/mol. The molecule has 138 valence electrons. The minimum Gasteiger partial charge on any atom is -0.495 e. The summed E-state index contributed by atoms with van der Waals surface area (Å²) < 4.78 is 5.25. The molecule has 4 N–H and O–H groups in total. The Morgan fingerprint density at radius 3 is 2.65 bits per heavy atom. The van der Waals surface area contributed by atoms with Gasteiger partial charge in [0.25, 0.3) is 0 Å². The van der Waals surface area contributed by atoms with E-state index in [0.29, 0.717) is 16.5 Å². The van der Waals surface area contributed by atoms with Crippen LogP contribution in [0.2, 0.25) is 5.02 Å². The van der Waals surface area contributed by atoms with Crippen LogP contribution in [0.15, 0.2) is 41.3 Å². The van der Waals surface area contributed by atoms with Gasteiger partial charge in [-0.05, 0) is 30.7 Å². The van der Waals surface area contributed by atoms with Gasteiger partial charge in [0, 0.05) is 21.7 Å². The third kappa shape index (κ3) is 5.57. The van der Waals surface area contributed by atoms with E-state index in [1.54, 1.807) is 12.1 Å². The zero-order valence-electron chi connectivity index (χ0n) is 14.5. The number of methoxy groups -OCH3 is 1. The zero-order chi connectivity index (χ0) is 19.1. The highest BCUT2D eigenvalue weighted by atomic mass is 35.5. The number of nitrogens with one attached hydrogen (secondary N) is 2. The summed E-state index contributed by atoms with van der Waals surface area (Å²) in [5.41, 5.74) is 7.33. The summed E-state index contributed by atoms with van der Waals surface area (Å²) in [6.45, 7) is 1.90. The Balaban J connectivity index is 2.02. The van der Waals surface area contributed by atoms with Crippen LogP contribution in [0.4, 0.5) is 11.4 Å². The van der Waals surface area contributed by atoms with E-state index in [9.17, 15) is 9.59 Å². The van der Waals surface area contributed by atoms with Crippen LogP contribution in [0, 0.1) is 6.92 Å². The van der Waals surface area contributed by atoms with E-state index in [4.69, 9.17) is 22.1 Å². The lowest BCUT2D eigenvalue weighted by Gasteiger charge is -2.14. The summed E-state index contributed by atoms with van der Waals surface area (Å²) in [4.78, 5) is 24.1. The molecule has 0 saturated carbocycles. The quantitative estimate of drug-likeness (QED) is 0.598. The van der Waals surface area contributed by atoms with Crippen molar-refractivity contribution in [2.45, 2.75) is 11.8 Å². The van der Waals surface area contributed by atoms with Gasteiger partial charge in [-0.15, -0.1) is 11.8 Å². The highest BCUT2D eigenvalue weighted by Crippen LogP contribution is 2.31. The number of hydrogen-bond acceptors (Lipinski definition) is 5. The summed E-state index contributed by atoms with van der Waals surface area (Å²) in [6.07, 6.45) is 0. The summed E-state index contributed by atoms with van der Waals surface area (Å²) in [5.74, 6) is 0.0328. The number of carbonyl (C=O) groups is 2. The van der Waals surface area contributed by atoms with Gasteiger partial charge in [-0.1, -0.05) is 23.7 Å². The number of primary amides is 1. The van der Waals surface area contributed by atoms with Crippen LogP contribution in [0.25, 0.3) is 0 Å². The first-order chi connectivity index (χ1) is 12.4. The number of aryl methyl sites for hydroxylation is 1. The molecule has 0 spiro atoms. The fourth-order valence-electron chi connectivity index (χ4n) is 2.19. The number of hydrogen-bond donors (Lipinski definition) is 3. The molecule has 2 amide bonds. The predicted molar refractivity (Wildman–Crippen MR) is 106 cm³/mol. The molecular formula is C18H20ClN3O3S. The SMILES string of the molecule is COc1cc(Cl)c(C)cc1NC(=O)CNc1ccccc1SCC(N)=O. The van der Waals surface area contributed by atoms with Crippen LogP contribution in [-0.4, -0.2) is 31.2 Å². The highest BCUT2D eigenvalue weighted by molar-refractivity contribution is 8.00. The van der Waals surface area contributed by atoms with Crippen LogP contribution in [-0.2, 0) is 9.59 Å². The molecule has 0 aliphatic heterocycles. The number of carbonyl (C=O) groups excluding carboxylic acids is 2. The van der Waals surface area contributed by atoms with Gasteiger partial charge in [-0.2, -0.15) is 0 Å². The van der Waals surface area contributed by atoms with Crippen LogP contribution in [0.5, 0.6) is 5.75 Å². The molecule has 8 heteroatoms. The molecule has 0 aliphatic carbocycles. The molecule has 6 nitrogen and oxygen atoms in total. The number of thioether (sulfide) groups is 1. The number of rotatable bonds is 8. The normalized spacial score (nSPS) is 10.3. The zero-order valence-corrected chi connectivity index (χ0v) is 16.0. The average Bonchev–Trinajstić information content (AvgIpc) is 2.61. The van der Waals surface area contributed by atoms with Crippen molar-refractivity contribution in [1.29, 1.82) is 0 Å². The van der Waals surface area contributed by atoms with Gasteiger partial charge in [-0.25, -0.2) is 0 Å². The molecule has 2 aromatic carbocycles. The Kier molecular flexibility index (Phi) is 7.17. The van der Waals surface area contributed by atoms with E-state index in [1.807, 2.05) is 31.2 Å². The average molecular weight is 394 g/mol. The fraction of sp³-hybridized carbons (Fsp3) is 0.222. The second-order valence-electron chi connectivity index (χ2n) is 5.45. The molecule has 0 bridgehead atoms. The smallest absolute Gasteiger partial charge is 0.243 e. The van der Waals surface area contributed by atoms with Crippen LogP contribution in [0.3, 0.4) is 0 Å². The topological polar surface area (TPSA) is 93.4 Å². The summed E-state index contributed by atoms with van der Waals surface area (Å²) in [7, 11) is 1.51. The first-order valence-electron chi connectivity index (χ1n) is 7.78. The Morgan fingerprint density at radius 2 is 1.96 bits per heavy atom. The van der Waals surface area contributed by atoms with Gasteiger partial charge in [0.05, 0.1) is 25.1 Å². The lowest BCUT2D eigenvalue weighted by molar-refractivity contribution is -0.116. The molecule has 0 fully saturated rings. The van der Waals surface area contributed by atoms with Crippen molar-refractivity contribution < 1.29 is 14.3 Å². The molecule has 0 heterocycles. The number of benzene rings is 2. The van der Waals surface area contributed by atoms with Crippen molar-refractivity contribution >= 4 is 46.6 Å². The van der Waals surface area contributed by atoms with Crippen LogP contribution >= 0.6 is 23.4 Å². The molecule has 0 atom stereocenters. The van der Waals surface area contributed by atoms with Gasteiger partial charge >= 0.3 is 0 Å². The predicted octanol–water partition coefficient (Wildman–Crippen LogP) is 3.29. The lowest BCUT2D eigenvalue weighted by atomic mass is 10.2. The van der Waals surface area contributed by atoms with Gasteiger partial charge in [0.15, 0.2) is 0 Å². The Hall–Kier alpha value is -2.38. The largest absolute Gasteiger partial charge is 0.495 e. The molecule has 0 saturated heterocycles. The summed E-state index contributed by atoms with van der Waals surface area (Å²) >= 11 is 7.39. The standard InChI is InChI=1S/C18H20ClN3O3S/c1-11-7-14(15(25-2)8-12(11)19)22-18(24)9-21-13-5-3-4-6-16(13)26-10-17(20)23/h3-8,21H,9-10H2,1-2H3,(H2,20,23)(H,22,24). The van der Waals surface area contributed by atoms with Gasteiger partial charge in [0.1, 0.15) is 5.75 Å². The van der Waals surface area contributed by atoms with Gasteiger partial charge < -0.3 is 21.1 Å². The Bertz CT molecular complexity index is 814. The number of halogens is 1. The fourth-order valence-corrected chi connectivity index (χ4v) is 3.11. The maximum atomic E-state index is 12.3. The van der Waals surface area contributed by atoms with Crippen LogP contribution in [0.1, 0.15) is 5.56 Å². The monoisotopic (exact) mass is 393 g/mol.